The Kier molecular flexibility index (Phi) is 2.63. The Hall–Kier alpha value is -1.12. The van der Waals surface area contributed by atoms with Gasteiger partial charge in [-0.2, -0.15) is 0 Å². The van der Waals surface area contributed by atoms with E-state index in [1.165, 1.54) is 22.3 Å². The number of halogens is 1. The van der Waals surface area contributed by atoms with Gasteiger partial charge in [0.25, 0.3) is 0 Å². The molecule has 1 aliphatic rings. The third-order valence-electron chi connectivity index (χ3n) is 2.79. The molecule has 2 aromatic carbocycles. The normalized spacial score (nSPS) is 16.5. The summed E-state index contributed by atoms with van der Waals surface area (Å²) in [4.78, 5) is 0. The van der Waals surface area contributed by atoms with E-state index < -0.39 is 0 Å². The number of hydrogen-bond acceptors (Lipinski definition) is 1. The smallest absolute Gasteiger partial charge is 0.0564 e. The SMILES string of the molecule is Br.NC1c2cccc(-c3ccccc3)c21. The van der Waals surface area contributed by atoms with Gasteiger partial charge in [-0.3, -0.25) is 0 Å². The van der Waals surface area contributed by atoms with E-state index in [2.05, 4.69) is 42.5 Å². The summed E-state index contributed by atoms with van der Waals surface area (Å²) < 4.78 is 0. The van der Waals surface area contributed by atoms with E-state index in [-0.39, 0.29) is 23.0 Å². The van der Waals surface area contributed by atoms with Gasteiger partial charge < -0.3 is 5.73 Å². The molecule has 0 amide bonds. The van der Waals surface area contributed by atoms with E-state index in [0.29, 0.717) is 0 Å². The molecule has 3 rings (SSSR count). The van der Waals surface area contributed by atoms with Crippen molar-refractivity contribution in [2.24, 2.45) is 5.73 Å². The quantitative estimate of drug-likeness (QED) is 0.838. The van der Waals surface area contributed by atoms with E-state index in [9.17, 15) is 0 Å². The molecular weight excluding hydrogens is 250 g/mol. The molecule has 0 aromatic heterocycles. The van der Waals surface area contributed by atoms with Gasteiger partial charge in [0.05, 0.1) is 6.04 Å². The maximum atomic E-state index is 5.93. The van der Waals surface area contributed by atoms with Crippen LogP contribution in [-0.4, -0.2) is 0 Å². The Morgan fingerprint density at radius 1 is 0.867 bits per heavy atom. The summed E-state index contributed by atoms with van der Waals surface area (Å²) in [7, 11) is 0. The largest absolute Gasteiger partial charge is 0.320 e. The second-order valence-electron chi connectivity index (χ2n) is 3.65. The Balaban J connectivity index is 0.000000853. The molecule has 0 fully saturated rings. The van der Waals surface area contributed by atoms with Gasteiger partial charge in [-0.25, -0.2) is 0 Å². The van der Waals surface area contributed by atoms with E-state index in [1.807, 2.05) is 6.07 Å². The fourth-order valence-electron chi connectivity index (χ4n) is 1.98. The fourth-order valence-corrected chi connectivity index (χ4v) is 1.98. The first-order valence-corrected chi connectivity index (χ1v) is 4.82. The molecule has 2 heteroatoms. The van der Waals surface area contributed by atoms with Crippen molar-refractivity contribution in [3.8, 4) is 11.1 Å². The first kappa shape index (κ1) is 10.4. The number of benzene rings is 2. The molecule has 1 atom stereocenters. The summed E-state index contributed by atoms with van der Waals surface area (Å²) in [6, 6.07) is 16.9. The molecule has 0 radical (unpaired) electrons. The maximum absolute atomic E-state index is 5.93. The molecule has 0 aliphatic heterocycles. The zero-order valence-corrected chi connectivity index (χ0v) is 9.89. The van der Waals surface area contributed by atoms with Gasteiger partial charge in [-0.05, 0) is 22.3 Å². The van der Waals surface area contributed by atoms with Gasteiger partial charge in [0, 0.05) is 0 Å². The van der Waals surface area contributed by atoms with Crippen LogP contribution in [0.4, 0.5) is 0 Å². The van der Waals surface area contributed by atoms with E-state index in [1.54, 1.807) is 0 Å². The highest BCUT2D eigenvalue weighted by atomic mass is 79.9. The molecular formula is C13H12BrN. The molecule has 0 saturated heterocycles. The highest BCUT2D eigenvalue weighted by molar-refractivity contribution is 8.93. The van der Waals surface area contributed by atoms with Crippen LogP contribution >= 0.6 is 17.0 Å². The molecule has 0 bridgehead atoms. The zero-order valence-electron chi connectivity index (χ0n) is 8.18. The van der Waals surface area contributed by atoms with E-state index in [0.717, 1.165) is 0 Å². The Bertz CT molecular complexity index is 479. The van der Waals surface area contributed by atoms with Crippen molar-refractivity contribution >= 4 is 17.0 Å². The molecule has 76 valence electrons. The van der Waals surface area contributed by atoms with Crippen LogP contribution in [0.5, 0.6) is 0 Å². The molecule has 0 heterocycles. The van der Waals surface area contributed by atoms with Crippen molar-refractivity contribution in [2.45, 2.75) is 6.04 Å². The lowest BCUT2D eigenvalue weighted by Crippen LogP contribution is -1.89. The third kappa shape index (κ3) is 1.60. The highest BCUT2D eigenvalue weighted by Gasteiger charge is 2.31. The summed E-state index contributed by atoms with van der Waals surface area (Å²) in [5.74, 6) is 0. The van der Waals surface area contributed by atoms with Gasteiger partial charge in [-0.15, -0.1) is 17.0 Å². The molecule has 0 saturated carbocycles. The molecule has 1 aliphatic carbocycles. The number of fused-ring (bicyclic) bond motifs is 1. The van der Waals surface area contributed by atoms with Gasteiger partial charge in [0.15, 0.2) is 0 Å². The molecule has 2 N–H and O–H groups in total. The number of nitrogens with two attached hydrogens (primary N) is 1. The first-order valence-electron chi connectivity index (χ1n) is 4.82. The van der Waals surface area contributed by atoms with Crippen LogP contribution in [0.2, 0.25) is 0 Å². The predicted octanol–water partition coefficient (Wildman–Crippen LogP) is 3.29. The zero-order chi connectivity index (χ0) is 9.54. The predicted molar refractivity (Wildman–Crippen MR) is 68.2 cm³/mol. The summed E-state index contributed by atoms with van der Waals surface area (Å²) in [6.45, 7) is 0. The molecule has 0 spiro atoms. The van der Waals surface area contributed by atoms with Crippen molar-refractivity contribution < 1.29 is 0 Å². The number of hydrogen-bond donors (Lipinski definition) is 1. The van der Waals surface area contributed by atoms with Crippen molar-refractivity contribution in [1.29, 1.82) is 0 Å². The molecule has 2 aromatic rings. The summed E-state index contributed by atoms with van der Waals surface area (Å²) in [6.07, 6.45) is 0. The average Bonchev–Trinajstić information content (AvgIpc) is 2.92. The summed E-state index contributed by atoms with van der Waals surface area (Å²) >= 11 is 0. The minimum absolute atomic E-state index is 0. The van der Waals surface area contributed by atoms with Gasteiger partial charge in [0.2, 0.25) is 0 Å². The van der Waals surface area contributed by atoms with Crippen LogP contribution in [0.15, 0.2) is 48.5 Å². The lowest BCUT2D eigenvalue weighted by Gasteiger charge is -1.99. The molecule has 15 heavy (non-hydrogen) atoms. The van der Waals surface area contributed by atoms with Gasteiger partial charge >= 0.3 is 0 Å². The standard InChI is InChI=1S/C13H11N.BrH/c14-13-11-8-4-7-10(12(11)13)9-5-2-1-3-6-9;/h1-8,13H,14H2;1H. The van der Waals surface area contributed by atoms with Crippen LogP contribution in [0, 0.1) is 0 Å². The first-order chi connectivity index (χ1) is 6.88. The second-order valence-corrected chi connectivity index (χ2v) is 3.65. The minimum atomic E-state index is 0. The van der Waals surface area contributed by atoms with E-state index >= 15 is 0 Å². The second kappa shape index (κ2) is 3.80. The van der Waals surface area contributed by atoms with Crippen molar-refractivity contribution in [3.05, 3.63) is 59.7 Å². The van der Waals surface area contributed by atoms with Crippen molar-refractivity contribution in [3.63, 3.8) is 0 Å². The van der Waals surface area contributed by atoms with E-state index in [4.69, 9.17) is 5.73 Å². The minimum Gasteiger partial charge on any atom is -0.320 e. The lowest BCUT2D eigenvalue weighted by atomic mass is 10.1. The van der Waals surface area contributed by atoms with Crippen LogP contribution < -0.4 is 5.73 Å². The maximum Gasteiger partial charge on any atom is 0.0564 e. The van der Waals surface area contributed by atoms with Gasteiger partial charge in [-0.1, -0.05) is 48.5 Å². The van der Waals surface area contributed by atoms with Crippen molar-refractivity contribution in [2.75, 3.05) is 0 Å². The summed E-state index contributed by atoms with van der Waals surface area (Å²) in [5, 5.41) is 0. The van der Waals surface area contributed by atoms with Crippen LogP contribution in [0.3, 0.4) is 0 Å². The van der Waals surface area contributed by atoms with Crippen LogP contribution in [0.1, 0.15) is 17.2 Å². The Morgan fingerprint density at radius 3 is 2.33 bits per heavy atom. The van der Waals surface area contributed by atoms with Crippen molar-refractivity contribution in [1.82, 2.24) is 0 Å². The van der Waals surface area contributed by atoms with Crippen LogP contribution in [-0.2, 0) is 0 Å². The monoisotopic (exact) mass is 261 g/mol. The van der Waals surface area contributed by atoms with Gasteiger partial charge in [0.1, 0.15) is 0 Å². The Morgan fingerprint density at radius 2 is 1.60 bits per heavy atom. The topological polar surface area (TPSA) is 26.0 Å². The third-order valence-corrected chi connectivity index (χ3v) is 2.79. The average molecular weight is 262 g/mol. The highest BCUT2D eigenvalue weighted by Crippen LogP contribution is 2.45. The number of rotatable bonds is 1. The molecule has 1 nitrogen and oxygen atoms in total. The lowest BCUT2D eigenvalue weighted by molar-refractivity contribution is 1.07. The fraction of sp³-hybridized carbons (Fsp3) is 0.0769. The summed E-state index contributed by atoms with van der Waals surface area (Å²) in [5.41, 5.74) is 11.1. The Labute approximate surface area is 99.7 Å². The molecule has 1 unspecified atom stereocenters. The van der Waals surface area contributed by atoms with Crippen LogP contribution in [0.25, 0.3) is 11.1 Å².